The summed E-state index contributed by atoms with van der Waals surface area (Å²) >= 11 is 5.92. The van der Waals surface area contributed by atoms with Gasteiger partial charge in [-0.15, -0.1) is 0 Å². The van der Waals surface area contributed by atoms with Gasteiger partial charge in [0.15, 0.2) is 0 Å². The molecular formula is C18H14ClNO2. The maximum absolute atomic E-state index is 12.1. The monoisotopic (exact) mass is 311 g/mol. The first-order valence-corrected chi connectivity index (χ1v) is 7.18. The molecule has 0 radical (unpaired) electrons. The second-order valence-corrected chi connectivity index (χ2v) is 4.89. The summed E-state index contributed by atoms with van der Waals surface area (Å²) in [6.45, 7) is 1.92. The van der Waals surface area contributed by atoms with E-state index in [9.17, 15) is 10.1 Å². The molecule has 0 atom stereocenters. The van der Waals surface area contributed by atoms with Gasteiger partial charge in [0.05, 0.1) is 6.61 Å². The second kappa shape index (κ2) is 7.44. The second-order valence-electron chi connectivity index (χ2n) is 4.46. The molecule has 4 heteroatoms. The molecule has 0 amide bonds. The lowest BCUT2D eigenvalue weighted by molar-refractivity contribution is -0.137. The van der Waals surface area contributed by atoms with Crippen molar-refractivity contribution >= 4 is 23.1 Å². The molecule has 0 aliphatic carbocycles. The van der Waals surface area contributed by atoms with E-state index in [1.165, 1.54) is 0 Å². The maximum atomic E-state index is 12.1. The summed E-state index contributed by atoms with van der Waals surface area (Å²) in [6.07, 6.45) is 0. The predicted molar refractivity (Wildman–Crippen MR) is 86.2 cm³/mol. The average molecular weight is 312 g/mol. The van der Waals surface area contributed by atoms with Crippen LogP contribution in [0.15, 0.2) is 60.2 Å². The van der Waals surface area contributed by atoms with E-state index in [1.54, 1.807) is 31.2 Å². The topological polar surface area (TPSA) is 50.1 Å². The van der Waals surface area contributed by atoms with Gasteiger partial charge in [0.1, 0.15) is 11.6 Å². The number of nitrogens with zero attached hydrogens (tertiary/aromatic N) is 1. The minimum absolute atomic E-state index is 0.0182. The molecule has 0 bridgehead atoms. The molecule has 0 aromatic heterocycles. The molecule has 0 spiro atoms. The van der Waals surface area contributed by atoms with Crippen molar-refractivity contribution in [3.05, 3.63) is 76.3 Å². The molecule has 3 nitrogen and oxygen atoms in total. The maximum Gasteiger partial charge on any atom is 0.349 e. The van der Waals surface area contributed by atoms with E-state index in [0.29, 0.717) is 10.6 Å². The third kappa shape index (κ3) is 3.55. The van der Waals surface area contributed by atoms with Crippen molar-refractivity contribution in [1.29, 1.82) is 5.26 Å². The summed E-state index contributed by atoms with van der Waals surface area (Å²) < 4.78 is 5.00. The number of hydrogen-bond donors (Lipinski definition) is 0. The van der Waals surface area contributed by atoms with Gasteiger partial charge in [0, 0.05) is 10.6 Å². The van der Waals surface area contributed by atoms with Crippen LogP contribution in [0.4, 0.5) is 0 Å². The molecule has 22 heavy (non-hydrogen) atoms. The predicted octanol–water partition coefficient (Wildman–Crippen LogP) is 4.23. The smallest absolute Gasteiger partial charge is 0.349 e. The van der Waals surface area contributed by atoms with E-state index >= 15 is 0 Å². The number of rotatable bonds is 4. The standard InChI is InChI=1S/C18H14ClNO2/c1-2-22-18(21)16(12-20)17(13-6-4-3-5-7-13)14-8-10-15(19)11-9-14/h3-11H,2H2,1H3. The van der Waals surface area contributed by atoms with Crippen LogP contribution in [0.5, 0.6) is 0 Å². The first-order chi connectivity index (χ1) is 10.7. The average Bonchev–Trinajstić information content (AvgIpc) is 2.54. The van der Waals surface area contributed by atoms with Gasteiger partial charge in [-0.1, -0.05) is 54.1 Å². The Morgan fingerprint density at radius 2 is 1.68 bits per heavy atom. The Labute approximate surface area is 134 Å². The molecule has 0 unspecified atom stereocenters. The van der Waals surface area contributed by atoms with E-state index in [2.05, 4.69) is 0 Å². The number of esters is 1. The van der Waals surface area contributed by atoms with Gasteiger partial charge in [-0.05, 0) is 30.2 Å². The van der Waals surface area contributed by atoms with Gasteiger partial charge in [0.25, 0.3) is 0 Å². The van der Waals surface area contributed by atoms with E-state index in [0.717, 1.165) is 11.1 Å². The Hall–Kier alpha value is -2.57. The number of benzene rings is 2. The lowest BCUT2D eigenvalue weighted by Gasteiger charge is -2.11. The van der Waals surface area contributed by atoms with Crippen LogP contribution in [0.2, 0.25) is 5.02 Å². The summed E-state index contributed by atoms with van der Waals surface area (Å²) in [7, 11) is 0. The molecule has 0 heterocycles. The third-order valence-electron chi connectivity index (χ3n) is 3.04. The number of carbonyl (C=O) groups excluding carboxylic acids is 1. The van der Waals surface area contributed by atoms with Gasteiger partial charge in [-0.3, -0.25) is 0 Å². The zero-order valence-electron chi connectivity index (χ0n) is 12.0. The van der Waals surface area contributed by atoms with Crippen molar-refractivity contribution in [2.24, 2.45) is 0 Å². The number of ether oxygens (including phenoxy) is 1. The highest BCUT2D eigenvalue weighted by Crippen LogP contribution is 2.28. The van der Waals surface area contributed by atoms with Crippen LogP contribution in [0.25, 0.3) is 5.57 Å². The van der Waals surface area contributed by atoms with Crippen molar-refractivity contribution in [3.63, 3.8) is 0 Å². The molecule has 0 fully saturated rings. The Bertz CT molecular complexity index is 728. The zero-order chi connectivity index (χ0) is 15.9. The number of halogens is 1. The van der Waals surface area contributed by atoms with Crippen LogP contribution in [0.3, 0.4) is 0 Å². The fourth-order valence-corrected chi connectivity index (χ4v) is 2.21. The minimum Gasteiger partial charge on any atom is -0.462 e. The van der Waals surface area contributed by atoms with Crippen LogP contribution in [0, 0.1) is 11.3 Å². The number of nitriles is 1. The van der Waals surface area contributed by atoms with Gasteiger partial charge in [0.2, 0.25) is 0 Å². The molecular weight excluding hydrogens is 298 g/mol. The Morgan fingerprint density at radius 1 is 1.09 bits per heavy atom. The number of carbonyl (C=O) groups is 1. The highest BCUT2D eigenvalue weighted by atomic mass is 35.5. The number of hydrogen-bond acceptors (Lipinski definition) is 3. The summed E-state index contributed by atoms with van der Waals surface area (Å²) in [5, 5.41) is 10.0. The fraction of sp³-hybridized carbons (Fsp3) is 0.111. The van der Waals surface area contributed by atoms with Crippen LogP contribution in [-0.4, -0.2) is 12.6 Å². The molecule has 0 saturated heterocycles. The Kier molecular flexibility index (Phi) is 5.35. The van der Waals surface area contributed by atoms with Crippen molar-refractivity contribution in [3.8, 4) is 6.07 Å². The molecule has 2 aromatic rings. The normalized spacial score (nSPS) is 11.3. The van der Waals surface area contributed by atoms with Crippen LogP contribution in [0.1, 0.15) is 18.1 Å². The largest absolute Gasteiger partial charge is 0.462 e. The zero-order valence-corrected chi connectivity index (χ0v) is 12.8. The van der Waals surface area contributed by atoms with Crippen LogP contribution >= 0.6 is 11.6 Å². The Balaban J connectivity index is 2.67. The molecule has 2 rings (SSSR count). The molecule has 2 aromatic carbocycles. The molecule has 0 saturated carbocycles. The van der Waals surface area contributed by atoms with E-state index in [-0.39, 0.29) is 12.2 Å². The minimum atomic E-state index is -0.626. The van der Waals surface area contributed by atoms with Crippen LogP contribution < -0.4 is 0 Å². The van der Waals surface area contributed by atoms with Gasteiger partial charge < -0.3 is 4.74 Å². The van der Waals surface area contributed by atoms with E-state index in [4.69, 9.17) is 16.3 Å². The highest BCUT2D eigenvalue weighted by Gasteiger charge is 2.19. The molecule has 0 aliphatic rings. The van der Waals surface area contributed by atoms with Crippen LogP contribution in [-0.2, 0) is 9.53 Å². The van der Waals surface area contributed by atoms with E-state index in [1.807, 2.05) is 36.4 Å². The highest BCUT2D eigenvalue weighted by molar-refractivity contribution is 6.30. The SMILES string of the molecule is CCOC(=O)C(C#N)=C(c1ccccc1)c1ccc(Cl)cc1. The summed E-state index contributed by atoms with van der Waals surface area (Å²) in [6, 6.07) is 18.2. The van der Waals surface area contributed by atoms with Crippen molar-refractivity contribution in [2.75, 3.05) is 6.61 Å². The first kappa shape index (κ1) is 15.8. The quantitative estimate of drug-likeness (QED) is 0.482. The van der Waals surface area contributed by atoms with E-state index < -0.39 is 5.97 Å². The third-order valence-corrected chi connectivity index (χ3v) is 3.29. The Morgan fingerprint density at radius 3 is 2.23 bits per heavy atom. The molecule has 110 valence electrons. The van der Waals surface area contributed by atoms with Gasteiger partial charge >= 0.3 is 5.97 Å². The van der Waals surface area contributed by atoms with Crippen molar-refractivity contribution < 1.29 is 9.53 Å². The summed E-state index contributed by atoms with van der Waals surface area (Å²) in [4.78, 5) is 12.1. The first-order valence-electron chi connectivity index (χ1n) is 6.80. The lowest BCUT2D eigenvalue weighted by atomic mass is 9.93. The fourth-order valence-electron chi connectivity index (χ4n) is 2.08. The van der Waals surface area contributed by atoms with Gasteiger partial charge in [-0.2, -0.15) is 5.26 Å². The summed E-state index contributed by atoms with van der Waals surface area (Å²) in [5.41, 5.74) is 2.03. The summed E-state index contributed by atoms with van der Waals surface area (Å²) in [5.74, 6) is -0.626. The molecule has 0 aliphatic heterocycles. The van der Waals surface area contributed by atoms with Crippen molar-refractivity contribution in [1.82, 2.24) is 0 Å². The molecule has 0 N–H and O–H groups in total. The lowest BCUT2D eigenvalue weighted by Crippen LogP contribution is -2.09. The van der Waals surface area contributed by atoms with Crippen molar-refractivity contribution in [2.45, 2.75) is 6.92 Å². The van der Waals surface area contributed by atoms with Gasteiger partial charge in [-0.25, -0.2) is 4.79 Å².